The number of rotatable bonds is 2. The van der Waals surface area contributed by atoms with Crippen molar-refractivity contribution in [1.29, 1.82) is 0 Å². The van der Waals surface area contributed by atoms with E-state index in [1.54, 1.807) is 6.07 Å². The summed E-state index contributed by atoms with van der Waals surface area (Å²) in [6, 6.07) is 5.26. The average molecular weight is 179 g/mol. The Labute approximate surface area is 77.8 Å². The lowest BCUT2D eigenvalue weighted by molar-refractivity contribution is 0.604. The van der Waals surface area contributed by atoms with Crippen molar-refractivity contribution in [2.24, 2.45) is 11.7 Å². The minimum Gasteiger partial charge on any atom is -0.330 e. The van der Waals surface area contributed by atoms with E-state index < -0.39 is 0 Å². The van der Waals surface area contributed by atoms with Gasteiger partial charge in [-0.25, -0.2) is 4.39 Å². The first-order chi connectivity index (χ1) is 6.24. The molecule has 0 amide bonds. The maximum atomic E-state index is 13.4. The number of aryl methyl sites for hydroxylation is 1. The van der Waals surface area contributed by atoms with Crippen LogP contribution in [0.1, 0.15) is 23.5 Å². The summed E-state index contributed by atoms with van der Waals surface area (Å²) in [6.07, 6.45) is 1.05. The van der Waals surface area contributed by atoms with Gasteiger partial charge in [-0.3, -0.25) is 0 Å². The van der Waals surface area contributed by atoms with Crippen molar-refractivity contribution in [3.63, 3.8) is 0 Å². The molecule has 1 nitrogen and oxygen atoms in total. The van der Waals surface area contributed by atoms with Crippen molar-refractivity contribution in [3.05, 3.63) is 35.1 Å². The lowest BCUT2D eigenvalue weighted by Gasteiger charge is -2.05. The maximum Gasteiger partial charge on any atom is 0.126 e. The Kier molecular flexibility index (Phi) is 2.08. The van der Waals surface area contributed by atoms with Crippen molar-refractivity contribution in [1.82, 2.24) is 0 Å². The molecule has 2 unspecified atom stereocenters. The highest BCUT2D eigenvalue weighted by molar-refractivity contribution is 5.34. The average Bonchev–Trinajstić information content (AvgIpc) is 2.83. The van der Waals surface area contributed by atoms with Gasteiger partial charge in [0.2, 0.25) is 0 Å². The molecule has 70 valence electrons. The second kappa shape index (κ2) is 3.11. The van der Waals surface area contributed by atoms with Crippen LogP contribution < -0.4 is 5.73 Å². The second-order valence-corrected chi connectivity index (χ2v) is 3.81. The number of nitrogens with two attached hydrogens (primary N) is 1. The number of hydrogen-bond donors (Lipinski definition) is 1. The van der Waals surface area contributed by atoms with Gasteiger partial charge >= 0.3 is 0 Å². The molecule has 0 radical (unpaired) electrons. The van der Waals surface area contributed by atoms with Gasteiger partial charge in [0.15, 0.2) is 0 Å². The van der Waals surface area contributed by atoms with Gasteiger partial charge in [0, 0.05) is 0 Å². The lowest BCUT2D eigenvalue weighted by Crippen LogP contribution is -2.03. The van der Waals surface area contributed by atoms with E-state index in [1.165, 1.54) is 6.07 Å². The summed E-state index contributed by atoms with van der Waals surface area (Å²) in [5, 5.41) is 0. The SMILES string of the molecule is Cc1cccc(F)c1C1CC1CN. The van der Waals surface area contributed by atoms with Gasteiger partial charge in [0.1, 0.15) is 5.82 Å². The molecule has 1 aliphatic rings. The van der Waals surface area contributed by atoms with Crippen LogP contribution in [0.25, 0.3) is 0 Å². The van der Waals surface area contributed by atoms with Gasteiger partial charge in [-0.1, -0.05) is 12.1 Å². The zero-order chi connectivity index (χ0) is 9.42. The Morgan fingerprint density at radius 2 is 2.31 bits per heavy atom. The molecule has 0 heterocycles. The molecule has 1 saturated carbocycles. The van der Waals surface area contributed by atoms with Gasteiger partial charge in [-0.15, -0.1) is 0 Å². The summed E-state index contributed by atoms with van der Waals surface area (Å²) in [4.78, 5) is 0. The molecule has 0 aromatic heterocycles. The summed E-state index contributed by atoms with van der Waals surface area (Å²) in [5.41, 5.74) is 7.48. The maximum absolute atomic E-state index is 13.4. The van der Waals surface area contributed by atoms with Crippen LogP contribution in [0.2, 0.25) is 0 Å². The minimum absolute atomic E-state index is 0.0686. The van der Waals surface area contributed by atoms with Crippen LogP contribution in [0.4, 0.5) is 4.39 Å². The zero-order valence-corrected chi connectivity index (χ0v) is 7.76. The molecule has 2 atom stereocenters. The molecule has 13 heavy (non-hydrogen) atoms. The van der Waals surface area contributed by atoms with Crippen LogP contribution in [0.15, 0.2) is 18.2 Å². The topological polar surface area (TPSA) is 26.0 Å². The minimum atomic E-state index is -0.0686. The van der Waals surface area contributed by atoms with E-state index in [1.807, 2.05) is 13.0 Å². The third-order valence-corrected chi connectivity index (χ3v) is 2.87. The van der Waals surface area contributed by atoms with Gasteiger partial charge in [0.25, 0.3) is 0 Å². The number of hydrogen-bond acceptors (Lipinski definition) is 1. The highest BCUT2D eigenvalue weighted by atomic mass is 19.1. The predicted molar refractivity (Wildman–Crippen MR) is 51.0 cm³/mol. The highest BCUT2D eigenvalue weighted by Gasteiger charge is 2.39. The molecule has 0 bridgehead atoms. The Bertz CT molecular complexity index is 302. The largest absolute Gasteiger partial charge is 0.330 e. The Balaban J connectivity index is 2.30. The molecule has 0 aliphatic heterocycles. The summed E-state index contributed by atoms with van der Waals surface area (Å²) in [5.74, 6) is 0.822. The van der Waals surface area contributed by atoms with E-state index in [9.17, 15) is 4.39 Å². The molecule has 0 saturated heterocycles. The number of halogens is 1. The van der Waals surface area contributed by atoms with Crippen LogP contribution in [0.3, 0.4) is 0 Å². The fourth-order valence-electron chi connectivity index (χ4n) is 1.98. The standard InChI is InChI=1S/C11H14FN/c1-7-3-2-4-10(12)11(7)9-5-8(9)6-13/h2-4,8-9H,5-6,13H2,1H3. The summed E-state index contributed by atoms with van der Waals surface area (Å²) in [6.45, 7) is 2.64. The third-order valence-electron chi connectivity index (χ3n) is 2.87. The van der Waals surface area contributed by atoms with Crippen molar-refractivity contribution >= 4 is 0 Å². The van der Waals surface area contributed by atoms with E-state index in [4.69, 9.17) is 5.73 Å². The normalized spacial score (nSPS) is 26.1. The molecular weight excluding hydrogens is 165 g/mol. The van der Waals surface area contributed by atoms with Crippen LogP contribution in [-0.4, -0.2) is 6.54 Å². The van der Waals surface area contributed by atoms with E-state index in [2.05, 4.69) is 0 Å². The first-order valence-electron chi connectivity index (χ1n) is 4.69. The van der Waals surface area contributed by atoms with Crippen LogP contribution >= 0.6 is 0 Å². The zero-order valence-electron chi connectivity index (χ0n) is 7.76. The fourth-order valence-corrected chi connectivity index (χ4v) is 1.98. The van der Waals surface area contributed by atoms with Gasteiger partial charge < -0.3 is 5.73 Å². The Hall–Kier alpha value is -0.890. The van der Waals surface area contributed by atoms with Crippen LogP contribution in [0.5, 0.6) is 0 Å². The van der Waals surface area contributed by atoms with Gasteiger partial charge in [0.05, 0.1) is 0 Å². The van der Waals surface area contributed by atoms with E-state index in [0.717, 1.165) is 17.5 Å². The predicted octanol–water partition coefficient (Wildman–Crippen LogP) is 2.20. The molecule has 1 aromatic rings. The molecular formula is C11H14FN. The molecule has 2 N–H and O–H groups in total. The highest BCUT2D eigenvalue weighted by Crippen LogP contribution is 2.48. The van der Waals surface area contributed by atoms with E-state index in [-0.39, 0.29) is 5.82 Å². The molecule has 1 aliphatic carbocycles. The monoisotopic (exact) mass is 179 g/mol. The van der Waals surface area contributed by atoms with E-state index in [0.29, 0.717) is 18.4 Å². The van der Waals surface area contributed by atoms with Crippen molar-refractivity contribution in [2.45, 2.75) is 19.3 Å². The van der Waals surface area contributed by atoms with Crippen molar-refractivity contribution in [3.8, 4) is 0 Å². The van der Waals surface area contributed by atoms with E-state index >= 15 is 0 Å². The third kappa shape index (κ3) is 1.46. The number of benzene rings is 1. The summed E-state index contributed by atoms with van der Waals surface area (Å²) in [7, 11) is 0. The first kappa shape index (κ1) is 8.70. The smallest absolute Gasteiger partial charge is 0.126 e. The Morgan fingerprint density at radius 1 is 1.54 bits per heavy atom. The Morgan fingerprint density at radius 3 is 2.85 bits per heavy atom. The summed E-state index contributed by atoms with van der Waals surface area (Å²) < 4.78 is 13.4. The van der Waals surface area contributed by atoms with Crippen LogP contribution in [0, 0.1) is 18.7 Å². The molecule has 1 fully saturated rings. The summed E-state index contributed by atoms with van der Waals surface area (Å²) >= 11 is 0. The van der Waals surface area contributed by atoms with Crippen LogP contribution in [-0.2, 0) is 0 Å². The quantitative estimate of drug-likeness (QED) is 0.740. The molecule has 2 rings (SSSR count). The first-order valence-corrected chi connectivity index (χ1v) is 4.69. The van der Waals surface area contributed by atoms with Crippen molar-refractivity contribution < 1.29 is 4.39 Å². The fraction of sp³-hybridized carbons (Fsp3) is 0.455. The van der Waals surface area contributed by atoms with Gasteiger partial charge in [-0.05, 0) is 48.9 Å². The second-order valence-electron chi connectivity index (χ2n) is 3.81. The molecule has 0 spiro atoms. The van der Waals surface area contributed by atoms with Crippen molar-refractivity contribution in [2.75, 3.05) is 6.54 Å². The molecule has 1 aromatic carbocycles. The van der Waals surface area contributed by atoms with Gasteiger partial charge in [-0.2, -0.15) is 0 Å². The molecule has 2 heteroatoms. The lowest BCUT2D eigenvalue weighted by atomic mass is 10.0.